The predicted octanol–water partition coefficient (Wildman–Crippen LogP) is 4.35. The number of phenols is 1. The van der Waals surface area contributed by atoms with Crippen LogP contribution in [0.4, 0.5) is 17.2 Å². The number of carbonyl (C=O) groups excluding carboxylic acids is 1. The third-order valence-corrected chi connectivity index (χ3v) is 4.69. The van der Waals surface area contributed by atoms with Crippen molar-refractivity contribution in [1.29, 1.82) is 0 Å². The Kier molecular flexibility index (Phi) is 5.53. The summed E-state index contributed by atoms with van der Waals surface area (Å²) in [7, 11) is 3.15. The Balaban J connectivity index is 1.55. The second kappa shape index (κ2) is 8.58. The fourth-order valence-corrected chi connectivity index (χ4v) is 3.12. The van der Waals surface area contributed by atoms with E-state index in [0.717, 1.165) is 11.1 Å². The summed E-state index contributed by atoms with van der Waals surface area (Å²) in [6, 6.07) is 17.1. The van der Waals surface area contributed by atoms with Gasteiger partial charge in [-0.3, -0.25) is 4.79 Å². The molecule has 4 rings (SSSR count). The zero-order valence-corrected chi connectivity index (χ0v) is 16.9. The second-order valence-corrected chi connectivity index (χ2v) is 6.62. The number of nitrogens with one attached hydrogen (secondary N) is 2. The van der Waals surface area contributed by atoms with Crippen LogP contribution in [0.5, 0.6) is 17.2 Å². The van der Waals surface area contributed by atoms with Gasteiger partial charge in [0.2, 0.25) is 0 Å². The van der Waals surface area contributed by atoms with Gasteiger partial charge in [0.05, 0.1) is 25.3 Å². The number of aromatic hydroxyl groups is 1. The van der Waals surface area contributed by atoms with Crippen molar-refractivity contribution in [3.05, 3.63) is 72.6 Å². The van der Waals surface area contributed by atoms with Crippen LogP contribution in [0.3, 0.4) is 0 Å². The number of aromatic nitrogens is 2. The maximum Gasteiger partial charge on any atom is 0.259 e. The van der Waals surface area contributed by atoms with Gasteiger partial charge in [0, 0.05) is 22.8 Å². The summed E-state index contributed by atoms with van der Waals surface area (Å²) >= 11 is 0. The van der Waals surface area contributed by atoms with Gasteiger partial charge in [0.1, 0.15) is 17.9 Å². The van der Waals surface area contributed by atoms with Crippen LogP contribution in [0, 0.1) is 0 Å². The summed E-state index contributed by atoms with van der Waals surface area (Å²) in [6.45, 7) is 0. The highest BCUT2D eigenvalue weighted by atomic mass is 16.5. The minimum Gasteiger partial charge on any atom is -0.507 e. The van der Waals surface area contributed by atoms with Crippen LogP contribution >= 0.6 is 0 Å². The molecule has 0 aliphatic heterocycles. The van der Waals surface area contributed by atoms with Crippen molar-refractivity contribution in [1.82, 2.24) is 9.97 Å². The van der Waals surface area contributed by atoms with Crippen molar-refractivity contribution in [2.24, 2.45) is 0 Å². The lowest BCUT2D eigenvalue weighted by Gasteiger charge is -2.12. The molecule has 0 aliphatic carbocycles. The van der Waals surface area contributed by atoms with Gasteiger partial charge >= 0.3 is 0 Å². The number of benzene rings is 3. The summed E-state index contributed by atoms with van der Waals surface area (Å²) in [6.07, 6.45) is 1.47. The Hall–Kier alpha value is -4.33. The van der Waals surface area contributed by atoms with Crippen molar-refractivity contribution in [2.75, 3.05) is 24.9 Å². The highest BCUT2D eigenvalue weighted by Crippen LogP contribution is 2.34. The highest BCUT2D eigenvalue weighted by molar-refractivity contribution is 6.06. The molecule has 3 aromatic carbocycles. The van der Waals surface area contributed by atoms with E-state index in [9.17, 15) is 9.90 Å². The van der Waals surface area contributed by atoms with Crippen LogP contribution in [0.25, 0.3) is 10.9 Å². The topological polar surface area (TPSA) is 106 Å². The van der Waals surface area contributed by atoms with Gasteiger partial charge in [-0.15, -0.1) is 0 Å². The van der Waals surface area contributed by atoms with E-state index in [0.29, 0.717) is 28.5 Å². The maximum absolute atomic E-state index is 12.3. The lowest BCUT2D eigenvalue weighted by Crippen LogP contribution is -2.11. The van der Waals surface area contributed by atoms with Gasteiger partial charge in [0.15, 0.2) is 11.5 Å². The number of hydrogen-bond donors (Lipinski definition) is 3. The number of fused-ring (bicyclic) bond motifs is 1. The number of hydrogen-bond acceptors (Lipinski definition) is 7. The van der Waals surface area contributed by atoms with Crippen molar-refractivity contribution >= 4 is 34.0 Å². The van der Waals surface area contributed by atoms with Gasteiger partial charge in [-0.25, -0.2) is 9.97 Å². The number of phenolic OH excluding ortho intramolecular Hbond substituents is 1. The predicted molar refractivity (Wildman–Crippen MR) is 118 cm³/mol. The van der Waals surface area contributed by atoms with E-state index in [1.165, 1.54) is 12.4 Å². The molecule has 8 nitrogen and oxygen atoms in total. The molecular formula is C23H20N4O4. The first-order valence-corrected chi connectivity index (χ1v) is 9.42. The van der Waals surface area contributed by atoms with Crippen LogP contribution in [0.15, 0.2) is 67.0 Å². The van der Waals surface area contributed by atoms with E-state index in [4.69, 9.17) is 9.47 Å². The quantitative estimate of drug-likeness (QED) is 0.429. The molecule has 0 bridgehead atoms. The van der Waals surface area contributed by atoms with Gasteiger partial charge in [-0.2, -0.15) is 0 Å². The van der Waals surface area contributed by atoms with Crippen LogP contribution in [-0.4, -0.2) is 35.2 Å². The van der Waals surface area contributed by atoms with Crippen LogP contribution in [0.2, 0.25) is 0 Å². The molecule has 0 fully saturated rings. The third kappa shape index (κ3) is 4.18. The number of para-hydroxylation sites is 1. The van der Waals surface area contributed by atoms with E-state index in [1.807, 2.05) is 18.2 Å². The van der Waals surface area contributed by atoms with Crippen LogP contribution in [0.1, 0.15) is 10.4 Å². The molecule has 0 saturated carbocycles. The number of amides is 1. The molecule has 0 unspecified atom stereocenters. The maximum atomic E-state index is 12.3. The summed E-state index contributed by atoms with van der Waals surface area (Å²) in [5.41, 5.74) is 2.29. The van der Waals surface area contributed by atoms with Crippen molar-refractivity contribution in [2.45, 2.75) is 0 Å². The number of carbonyl (C=O) groups is 1. The Labute approximate surface area is 178 Å². The smallest absolute Gasteiger partial charge is 0.259 e. The highest BCUT2D eigenvalue weighted by Gasteiger charge is 2.12. The average molecular weight is 416 g/mol. The fourth-order valence-electron chi connectivity index (χ4n) is 3.12. The number of nitrogens with zero attached hydrogens (tertiary/aromatic N) is 2. The average Bonchev–Trinajstić information content (AvgIpc) is 2.80. The molecule has 0 radical (unpaired) electrons. The van der Waals surface area contributed by atoms with Crippen molar-refractivity contribution in [3.8, 4) is 17.2 Å². The first-order valence-electron chi connectivity index (χ1n) is 9.42. The molecule has 0 aliphatic rings. The first-order chi connectivity index (χ1) is 15.1. The normalized spacial score (nSPS) is 10.5. The van der Waals surface area contributed by atoms with Gasteiger partial charge < -0.3 is 25.2 Å². The van der Waals surface area contributed by atoms with E-state index < -0.39 is 0 Å². The number of rotatable bonds is 6. The van der Waals surface area contributed by atoms with Gasteiger partial charge in [-0.1, -0.05) is 12.1 Å². The molecule has 0 saturated heterocycles. The lowest BCUT2D eigenvalue weighted by atomic mass is 10.2. The van der Waals surface area contributed by atoms with E-state index in [2.05, 4.69) is 20.6 Å². The molecule has 3 N–H and O–H groups in total. The zero-order chi connectivity index (χ0) is 21.8. The third-order valence-electron chi connectivity index (χ3n) is 4.69. The Bertz CT molecular complexity index is 1240. The molecule has 4 aromatic rings. The van der Waals surface area contributed by atoms with E-state index >= 15 is 0 Å². The van der Waals surface area contributed by atoms with Crippen molar-refractivity contribution < 1.29 is 19.4 Å². The number of anilines is 3. The minimum absolute atomic E-state index is 0.0685. The molecule has 0 atom stereocenters. The molecular weight excluding hydrogens is 396 g/mol. The SMILES string of the molecule is COc1cc2ncnc(Nc3ccc(NC(=O)c4ccccc4O)cc3)c2cc1OC. The Morgan fingerprint density at radius 1 is 0.903 bits per heavy atom. The second-order valence-electron chi connectivity index (χ2n) is 6.62. The molecule has 8 heteroatoms. The molecule has 1 aromatic heterocycles. The van der Waals surface area contributed by atoms with E-state index in [-0.39, 0.29) is 17.2 Å². The van der Waals surface area contributed by atoms with Gasteiger partial charge in [-0.05, 0) is 42.5 Å². The first kappa shape index (κ1) is 20.0. The summed E-state index contributed by atoms with van der Waals surface area (Å²) in [4.78, 5) is 21.0. The molecule has 156 valence electrons. The fraction of sp³-hybridized carbons (Fsp3) is 0.0870. The van der Waals surface area contributed by atoms with E-state index in [1.54, 1.807) is 50.6 Å². The summed E-state index contributed by atoms with van der Waals surface area (Å²) in [5.74, 6) is 1.32. The zero-order valence-electron chi connectivity index (χ0n) is 16.9. The summed E-state index contributed by atoms with van der Waals surface area (Å²) in [5, 5.41) is 16.6. The Morgan fingerprint density at radius 2 is 1.58 bits per heavy atom. The Morgan fingerprint density at radius 3 is 2.29 bits per heavy atom. The van der Waals surface area contributed by atoms with Gasteiger partial charge in [0.25, 0.3) is 5.91 Å². The standard InChI is InChI=1S/C23H20N4O4/c1-30-20-11-17-18(12-21(20)31-2)24-13-25-22(17)26-14-7-9-15(10-8-14)27-23(29)16-5-3-4-6-19(16)28/h3-13,28H,1-2H3,(H,27,29)(H,24,25,26). The number of methoxy groups -OCH3 is 2. The summed E-state index contributed by atoms with van der Waals surface area (Å²) < 4.78 is 10.7. The molecule has 1 amide bonds. The lowest BCUT2D eigenvalue weighted by molar-refractivity contribution is 0.102. The van der Waals surface area contributed by atoms with Crippen LogP contribution < -0.4 is 20.1 Å². The number of ether oxygens (including phenoxy) is 2. The largest absolute Gasteiger partial charge is 0.507 e. The molecule has 0 spiro atoms. The monoisotopic (exact) mass is 416 g/mol. The van der Waals surface area contributed by atoms with Crippen LogP contribution in [-0.2, 0) is 0 Å². The van der Waals surface area contributed by atoms with Crippen molar-refractivity contribution in [3.63, 3.8) is 0 Å². The molecule has 31 heavy (non-hydrogen) atoms. The minimum atomic E-state index is -0.387. The molecule has 1 heterocycles.